The van der Waals surface area contributed by atoms with E-state index >= 15 is 0 Å². The van der Waals surface area contributed by atoms with Crippen LogP contribution in [0.4, 0.5) is 0 Å². The van der Waals surface area contributed by atoms with Crippen LogP contribution >= 0.6 is 0 Å². The van der Waals surface area contributed by atoms with Gasteiger partial charge in [-0.15, -0.1) is 0 Å². The lowest BCUT2D eigenvalue weighted by molar-refractivity contribution is -0.141. The molecular weight excluding hydrogens is 512 g/mol. The van der Waals surface area contributed by atoms with Gasteiger partial charge in [0.05, 0.1) is 24.5 Å². The molecule has 7 nitrogen and oxygen atoms in total. The van der Waals surface area contributed by atoms with Gasteiger partial charge in [0.1, 0.15) is 17.4 Å². The maximum absolute atomic E-state index is 13.8. The van der Waals surface area contributed by atoms with Crippen molar-refractivity contribution in [1.29, 1.82) is 5.26 Å². The van der Waals surface area contributed by atoms with E-state index in [1.54, 1.807) is 17.7 Å². The van der Waals surface area contributed by atoms with Crippen molar-refractivity contribution in [1.82, 2.24) is 14.7 Å². The van der Waals surface area contributed by atoms with Crippen LogP contribution in [0.1, 0.15) is 37.8 Å². The van der Waals surface area contributed by atoms with Crippen molar-refractivity contribution in [2.45, 2.75) is 33.2 Å². The lowest BCUT2D eigenvalue weighted by atomic mass is 9.93. The van der Waals surface area contributed by atoms with E-state index < -0.39 is 11.8 Å². The Kier molecular flexibility index (Phi) is 8.21. The Hall–Kier alpha value is -5.22. The Morgan fingerprint density at radius 2 is 1.61 bits per heavy atom. The van der Waals surface area contributed by atoms with Gasteiger partial charge in [0, 0.05) is 22.9 Å². The Labute approximate surface area is 239 Å². The molecule has 0 saturated carbocycles. The van der Waals surface area contributed by atoms with Gasteiger partial charge in [-0.2, -0.15) is 10.4 Å². The van der Waals surface area contributed by atoms with Crippen LogP contribution in [-0.2, 0) is 16.1 Å². The van der Waals surface area contributed by atoms with Gasteiger partial charge < -0.3 is 4.74 Å². The molecule has 204 valence electrons. The molecule has 0 N–H and O–H groups in total. The van der Waals surface area contributed by atoms with Gasteiger partial charge in [-0.1, -0.05) is 61.9 Å². The number of aromatic nitrogens is 2. The molecule has 0 radical (unpaired) electrons. The van der Waals surface area contributed by atoms with Crippen LogP contribution < -0.4 is 4.74 Å². The molecular formula is C34H30N4O3. The summed E-state index contributed by atoms with van der Waals surface area (Å²) < 4.78 is 7.59. The van der Waals surface area contributed by atoms with Crippen LogP contribution in [0.15, 0.2) is 108 Å². The molecule has 0 unspecified atom stereocenters. The van der Waals surface area contributed by atoms with Crippen molar-refractivity contribution in [2.75, 3.05) is 6.61 Å². The van der Waals surface area contributed by atoms with E-state index in [1.165, 1.54) is 0 Å². The zero-order valence-corrected chi connectivity index (χ0v) is 23.1. The molecule has 0 saturated heterocycles. The first kappa shape index (κ1) is 27.4. The van der Waals surface area contributed by atoms with Crippen LogP contribution in [0.3, 0.4) is 0 Å². The van der Waals surface area contributed by atoms with Crippen LogP contribution in [-0.4, -0.2) is 33.1 Å². The number of amides is 2. The minimum Gasteiger partial charge on any atom is -0.494 e. The third-order valence-corrected chi connectivity index (χ3v) is 6.97. The number of ether oxygens (including phenoxy) is 1. The number of carbonyl (C=O) groups excluding carboxylic acids is 2. The Morgan fingerprint density at radius 3 is 2.27 bits per heavy atom. The molecule has 3 aromatic carbocycles. The van der Waals surface area contributed by atoms with Crippen LogP contribution in [0, 0.1) is 11.3 Å². The summed E-state index contributed by atoms with van der Waals surface area (Å²) in [4.78, 5) is 28.0. The summed E-state index contributed by atoms with van der Waals surface area (Å²) >= 11 is 0. The highest BCUT2D eigenvalue weighted by Gasteiger charge is 2.35. The second-order valence-electron chi connectivity index (χ2n) is 9.79. The molecule has 0 spiro atoms. The van der Waals surface area contributed by atoms with Crippen molar-refractivity contribution < 1.29 is 14.3 Å². The molecule has 4 aromatic rings. The smallest absolute Gasteiger partial charge is 0.271 e. The quantitative estimate of drug-likeness (QED) is 0.137. The summed E-state index contributed by atoms with van der Waals surface area (Å²) in [6.07, 6.45) is 5.62. The van der Waals surface area contributed by atoms with E-state index in [9.17, 15) is 14.9 Å². The van der Waals surface area contributed by atoms with Crippen LogP contribution in [0.25, 0.3) is 23.0 Å². The van der Waals surface area contributed by atoms with Gasteiger partial charge in [0.15, 0.2) is 0 Å². The molecule has 0 fully saturated rings. The summed E-state index contributed by atoms with van der Waals surface area (Å²) in [5, 5.41) is 14.7. The number of imide groups is 1. The second kappa shape index (κ2) is 12.3. The Morgan fingerprint density at radius 1 is 0.927 bits per heavy atom. The summed E-state index contributed by atoms with van der Waals surface area (Å²) in [5.41, 5.74) is 4.43. The fourth-order valence-corrected chi connectivity index (χ4v) is 4.67. The number of hydrogen-bond donors (Lipinski definition) is 0. The molecule has 2 heterocycles. The lowest BCUT2D eigenvalue weighted by Gasteiger charge is -2.27. The largest absolute Gasteiger partial charge is 0.494 e. The van der Waals surface area contributed by atoms with E-state index in [0.717, 1.165) is 40.3 Å². The predicted octanol–water partition coefficient (Wildman–Crippen LogP) is 6.51. The SMILES string of the molecule is CCCCOc1ccc(-c2nn(-c3ccccc3)cc2/C=C2/C(=O)N(Cc3ccccc3)C(=O)C(C#N)=C2C)cc1. The monoisotopic (exact) mass is 542 g/mol. The molecule has 2 amide bonds. The Bertz CT molecular complexity index is 1660. The van der Waals surface area contributed by atoms with Crippen LogP contribution in [0.2, 0.25) is 0 Å². The number of unbranched alkanes of at least 4 members (excludes halogenated alkanes) is 1. The van der Waals surface area contributed by atoms with Crippen molar-refractivity contribution in [3.63, 3.8) is 0 Å². The highest BCUT2D eigenvalue weighted by atomic mass is 16.5. The fraction of sp³-hybridized carbons (Fsp3) is 0.176. The molecule has 41 heavy (non-hydrogen) atoms. The average Bonchev–Trinajstić information content (AvgIpc) is 3.43. The number of nitriles is 1. The topological polar surface area (TPSA) is 88.2 Å². The Balaban J connectivity index is 1.59. The van der Waals surface area contributed by atoms with Crippen molar-refractivity contribution in [3.8, 4) is 28.8 Å². The van der Waals surface area contributed by atoms with Crippen molar-refractivity contribution >= 4 is 17.9 Å². The summed E-state index contributed by atoms with van der Waals surface area (Å²) in [6, 6.07) is 28.7. The first-order valence-electron chi connectivity index (χ1n) is 13.6. The van der Waals surface area contributed by atoms with Gasteiger partial charge in [-0.25, -0.2) is 4.68 Å². The van der Waals surface area contributed by atoms with Gasteiger partial charge >= 0.3 is 0 Å². The van der Waals surface area contributed by atoms with E-state index in [2.05, 4.69) is 6.92 Å². The number of para-hydroxylation sites is 1. The zero-order chi connectivity index (χ0) is 28.8. The first-order chi connectivity index (χ1) is 20.0. The van der Waals surface area contributed by atoms with E-state index in [0.29, 0.717) is 23.4 Å². The predicted molar refractivity (Wildman–Crippen MR) is 158 cm³/mol. The maximum Gasteiger partial charge on any atom is 0.271 e. The molecule has 0 atom stereocenters. The second-order valence-corrected chi connectivity index (χ2v) is 9.79. The van der Waals surface area contributed by atoms with Crippen molar-refractivity contribution in [2.24, 2.45) is 0 Å². The summed E-state index contributed by atoms with van der Waals surface area (Å²) in [5.74, 6) is -0.261. The van der Waals surface area contributed by atoms with Crippen LogP contribution in [0.5, 0.6) is 5.75 Å². The standard InChI is InChI=1S/C34H30N4O3/c1-3-4-19-41-29-17-15-26(16-18-29)32-27(23-38(36-32)28-13-9-6-10-14-28)20-30-24(2)31(21-35)34(40)37(33(30)39)22-25-11-7-5-8-12-25/h5-18,20,23H,3-4,19,22H2,1-2H3/b30-20+. The normalized spacial score (nSPS) is 14.5. The average molecular weight is 543 g/mol. The molecule has 7 heteroatoms. The van der Waals surface area contributed by atoms with Gasteiger partial charge in [0.25, 0.3) is 11.8 Å². The summed E-state index contributed by atoms with van der Waals surface area (Å²) in [7, 11) is 0. The molecule has 0 bridgehead atoms. The fourth-order valence-electron chi connectivity index (χ4n) is 4.67. The first-order valence-corrected chi connectivity index (χ1v) is 13.6. The minimum absolute atomic E-state index is 0.0441. The molecule has 1 aliphatic rings. The van der Waals surface area contributed by atoms with Crippen molar-refractivity contribution in [3.05, 3.63) is 119 Å². The minimum atomic E-state index is -0.588. The van der Waals surface area contributed by atoms with E-state index in [-0.39, 0.29) is 17.7 Å². The third kappa shape index (κ3) is 5.87. The molecule has 1 aliphatic heterocycles. The number of carbonyl (C=O) groups is 2. The van der Waals surface area contributed by atoms with Gasteiger partial charge in [0.2, 0.25) is 0 Å². The number of benzene rings is 3. The van der Waals surface area contributed by atoms with Gasteiger partial charge in [-0.3, -0.25) is 14.5 Å². The van der Waals surface area contributed by atoms with E-state index in [4.69, 9.17) is 9.84 Å². The zero-order valence-electron chi connectivity index (χ0n) is 23.1. The highest BCUT2D eigenvalue weighted by molar-refractivity contribution is 6.19. The maximum atomic E-state index is 13.8. The molecule has 0 aliphatic carbocycles. The molecule has 1 aromatic heterocycles. The summed E-state index contributed by atoms with van der Waals surface area (Å²) in [6.45, 7) is 4.49. The number of rotatable bonds is 9. The highest BCUT2D eigenvalue weighted by Crippen LogP contribution is 2.32. The lowest BCUT2D eigenvalue weighted by Crippen LogP contribution is -2.42. The molecule has 5 rings (SSSR count). The number of hydrogen-bond acceptors (Lipinski definition) is 5. The van der Waals surface area contributed by atoms with Gasteiger partial charge in [-0.05, 0) is 67.0 Å². The van der Waals surface area contributed by atoms with E-state index in [1.807, 2.05) is 97.2 Å². The third-order valence-electron chi connectivity index (χ3n) is 6.97. The number of nitrogens with zero attached hydrogens (tertiary/aromatic N) is 4.